The van der Waals surface area contributed by atoms with Gasteiger partial charge in [0, 0.05) is 12.6 Å². The van der Waals surface area contributed by atoms with E-state index in [0.29, 0.717) is 24.7 Å². The van der Waals surface area contributed by atoms with Crippen LogP contribution in [-0.4, -0.2) is 18.8 Å². The summed E-state index contributed by atoms with van der Waals surface area (Å²) in [5, 5.41) is 7.17. The Kier molecular flexibility index (Phi) is 5.01. The van der Waals surface area contributed by atoms with Crippen LogP contribution in [0.4, 0.5) is 0 Å². The van der Waals surface area contributed by atoms with Crippen LogP contribution in [0.2, 0.25) is 0 Å². The Bertz CT molecular complexity index is 552. The van der Waals surface area contributed by atoms with Crippen LogP contribution < -0.4 is 14.8 Å². The first-order valence-corrected chi connectivity index (χ1v) is 6.65. The van der Waals surface area contributed by atoms with Crippen LogP contribution in [0, 0.1) is 6.92 Å². The lowest BCUT2D eigenvalue weighted by atomic mass is 10.2. The van der Waals surface area contributed by atoms with E-state index in [1.165, 1.54) is 0 Å². The molecule has 108 valence electrons. The van der Waals surface area contributed by atoms with E-state index < -0.39 is 0 Å². The Morgan fingerprint density at radius 3 is 2.85 bits per heavy atom. The van der Waals surface area contributed by atoms with Crippen LogP contribution in [0.15, 0.2) is 28.8 Å². The van der Waals surface area contributed by atoms with Gasteiger partial charge in [0.25, 0.3) is 0 Å². The Morgan fingerprint density at radius 1 is 1.25 bits per heavy atom. The van der Waals surface area contributed by atoms with Crippen LogP contribution in [0.3, 0.4) is 0 Å². The van der Waals surface area contributed by atoms with E-state index in [4.69, 9.17) is 14.0 Å². The molecule has 0 spiro atoms. The molecule has 0 aliphatic rings. The second-order valence-corrected chi connectivity index (χ2v) is 4.51. The monoisotopic (exact) mass is 276 g/mol. The van der Waals surface area contributed by atoms with E-state index in [-0.39, 0.29) is 0 Å². The average molecular weight is 276 g/mol. The zero-order chi connectivity index (χ0) is 14.4. The van der Waals surface area contributed by atoms with Crippen molar-refractivity contribution in [2.75, 3.05) is 13.7 Å². The lowest BCUT2D eigenvalue weighted by molar-refractivity contribution is 0.238. The van der Waals surface area contributed by atoms with E-state index in [9.17, 15) is 0 Å². The third kappa shape index (κ3) is 3.74. The molecular formula is C15H20N2O3. The lowest BCUT2D eigenvalue weighted by Gasteiger charge is -2.09. The fraction of sp³-hybridized carbons (Fsp3) is 0.400. The summed E-state index contributed by atoms with van der Waals surface area (Å²) in [7, 11) is 1.63. The number of aryl methyl sites for hydroxylation is 1. The first-order valence-electron chi connectivity index (χ1n) is 6.65. The third-order valence-corrected chi connectivity index (χ3v) is 2.85. The molecule has 2 aromatic rings. The summed E-state index contributed by atoms with van der Waals surface area (Å²) >= 11 is 0. The van der Waals surface area contributed by atoms with Crippen molar-refractivity contribution in [2.24, 2.45) is 0 Å². The molecule has 0 unspecified atom stereocenters. The number of benzene rings is 1. The number of nitrogens with one attached hydrogen (secondary N) is 1. The summed E-state index contributed by atoms with van der Waals surface area (Å²) in [6, 6.07) is 7.70. The van der Waals surface area contributed by atoms with E-state index in [1.807, 2.05) is 38.1 Å². The zero-order valence-electron chi connectivity index (χ0n) is 12.1. The minimum atomic E-state index is 0.332. The molecule has 5 nitrogen and oxygen atoms in total. The van der Waals surface area contributed by atoms with Gasteiger partial charge in [0.15, 0.2) is 17.3 Å². The predicted octanol–water partition coefficient (Wildman–Crippen LogP) is 2.68. The third-order valence-electron chi connectivity index (χ3n) is 2.85. The van der Waals surface area contributed by atoms with Gasteiger partial charge in [-0.15, -0.1) is 0 Å². The highest BCUT2D eigenvalue weighted by Crippen LogP contribution is 2.28. The first-order chi connectivity index (χ1) is 9.72. The van der Waals surface area contributed by atoms with E-state index in [1.54, 1.807) is 7.11 Å². The topological polar surface area (TPSA) is 56.5 Å². The van der Waals surface area contributed by atoms with Crippen molar-refractivity contribution in [1.29, 1.82) is 0 Å². The van der Waals surface area contributed by atoms with Gasteiger partial charge in [-0.2, -0.15) is 0 Å². The normalized spacial score (nSPS) is 10.6. The molecule has 20 heavy (non-hydrogen) atoms. The lowest BCUT2D eigenvalue weighted by Crippen LogP contribution is -2.11. The highest BCUT2D eigenvalue weighted by atomic mass is 16.5. The molecule has 1 N–H and O–H groups in total. The summed E-state index contributed by atoms with van der Waals surface area (Å²) in [4.78, 5) is 0. The molecule has 0 radical (unpaired) electrons. The average Bonchev–Trinajstić information content (AvgIpc) is 2.91. The van der Waals surface area contributed by atoms with E-state index >= 15 is 0 Å². The van der Waals surface area contributed by atoms with Crippen molar-refractivity contribution < 1.29 is 14.0 Å². The SMILES string of the molecule is CCNCc1cc(COc2ccc(C)cc2OC)on1. The summed E-state index contributed by atoms with van der Waals surface area (Å²) in [5.74, 6) is 2.11. The summed E-state index contributed by atoms with van der Waals surface area (Å²) in [5.41, 5.74) is 2.00. The van der Waals surface area contributed by atoms with Crippen molar-refractivity contribution >= 4 is 0 Å². The number of methoxy groups -OCH3 is 1. The zero-order valence-corrected chi connectivity index (χ0v) is 12.1. The molecule has 2 rings (SSSR count). The number of ether oxygens (including phenoxy) is 2. The molecule has 5 heteroatoms. The van der Waals surface area contributed by atoms with Gasteiger partial charge in [0.2, 0.25) is 0 Å². The van der Waals surface area contributed by atoms with Crippen LogP contribution in [0.25, 0.3) is 0 Å². The second kappa shape index (κ2) is 6.96. The molecule has 1 heterocycles. The van der Waals surface area contributed by atoms with Gasteiger partial charge in [-0.05, 0) is 31.2 Å². The van der Waals surface area contributed by atoms with Crippen LogP contribution >= 0.6 is 0 Å². The molecule has 0 saturated heterocycles. The number of hydrogen-bond acceptors (Lipinski definition) is 5. The minimum Gasteiger partial charge on any atom is -0.493 e. The van der Waals surface area contributed by atoms with Gasteiger partial charge in [-0.25, -0.2) is 0 Å². The molecule has 0 bridgehead atoms. The maximum atomic E-state index is 5.71. The maximum Gasteiger partial charge on any atom is 0.174 e. The molecule has 1 aromatic carbocycles. The molecule has 0 atom stereocenters. The Morgan fingerprint density at radius 2 is 2.10 bits per heavy atom. The number of rotatable bonds is 7. The molecule has 0 fully saturated rings. The van der Waals surface area contributed by atoms with Crippen LogP contribution in [0.5, 0.6) is 11.5 Å². The number of aromatic nitrogens is 1. The standard InChI is InChI=1S/C15H20N2O3/c1-4-16-9-12-8-13(20-17-12)10-19-14-6-5-11(2)7-15(14)18-3/h5-8,16H,4,9-10H2,1-3H3. The van der Waals surface area contributed by atoms with E-state index in [2.05, 4.69) is 10.5 Å². The first kappa shape index (κ1) is 14.4. The van der Waals surface area contributed by atoms with Crippen molar-refractivity contribution in [3.8, 4) is 11.5 Å². The quantitative estimate of drug-likeness (QED) is 0.842. The predicted molar refractivity (Wildman–Crippen MR) is 75.9 cm³/mol. The molecule has 0 aliphatic carbocycles. The molecule has 1 aromatic heterocycles. The molecule has 0 aliphatic heterocycles. The smallest absolute Gasteiger partial charge is 0.174 e. The summed E-state index contributed by atoms with van der Waals surface area (Å²) < 4.78 is 16.2. The Labute approximate surface area is 118 Å². The Hall–Kier alpha value is -2.01. The van der Waals surface area contributed by atoms with Gasteiger partial charge < -0.3 is 19.3 Å². The summed E-state index contributed by atoms with van der Waals surface area (Å²) in [6.07, 6.45) is 0. The molecule has 0 amide bonds. The number of nitrogens with zero attached hydrogens (tertiary/aromatic N) is 1. The molecule has 0 saturated carbocycles. The second-order valence-electron chi connectivity index (χ2n) is 4.51. The highest BCUT2D eigenvalue weighted by Gasteiger charge is 2.08. The van der Waals surface area contributed by atoms with Crippen molar-refractivity contribution in [3.63, 3.8) is 0 Å². The Balaban J connectivity index is 1.96. The minimum absolute atomic E-state index is 0.332. The fourth-order valence-corrected chi connectivity index (χ4v) is 1.80. The van der Waals surface area contributed by atoms with Crippen molar-refractivity contribution in [1.82, 2.24) is 10.5 Å². The van der Waals surface area contributed by atoms with Crippen LogP contribution in [0.1, 0.15) is 23.9 Å². The maximum absolute atomic E-state index is 5.71. The highest BCUT2D eigenvalue weighted by molar-refractivity contribution is 5.42. The largest absolute Gasteiger partial charge is 0.493 e. The van der Waals surface area contributed by atoms with Gasteiger partial charge in [-0.1, -0.05) is 18.1 Å². The van der Waals surface area contributed by atoms with E-state index in [0.717, 1.165) is 23.6 Å². The number of hydrogen-bond donors (Lipinski definition) is 1. The van der Waals surface area contributed by atoms with Gasteiger partial charge >= 0.3 is 0 Å². The summed E-state index contributed by atoms with van der Waals surface area (Å²) in [6.45, 7) is 6.00. The van der Waals surface area contributed by atoms with Gasteiger partial charge in [0.05, 0.1) is 12.8 Å². The van der Waals surface area contributed by atoms with Crippen molar-refractivity contribution in [2.45, 2.75) is 27.0 Å². The fourth-order valence-electron chi connectivity index (χ4n) is 1.80. The van der Waals surface area contributed by atoms with Gasteiger partial charge in [0.1, 0.15) is 6.61 Å². The van der Waals surface area contributed by atoms with Gasteiger partial charge in [-0.3, -0.25) is 0 Å². The van der Waals surface area contributed by atoms with Crippen LogP contribution in [-0.2, 0) is 13.2 Å². The van der Waals surface area contributed by atoms with Crippen molar-refractivity contribution in [3.05, 3.63) is 41.3 Å². The molecular weight excluding hydrogens is 256 g/mol.